The zero-order valence-corrected chi connectivity index (χ0v) is 13.9. The number of rotatable bonds is 5. The second kappa shape index (κ2) is 6.95. The molecule has 0 aliphatic carbocycles. The maximum atomic E-state index is 5.15. The summed E-state index contributed by atoms with van der Waals surface area (Å²) >= 11 is 0. The zero-order valence-electron chi connectivity index (χ0n) is 13.9. The maximum absolute atomic E-state index is 5.15. The SMILES string of the molecule is COc1ccc(Nc2cnnc(Nc3ccc(C)c(C)c3)n2)cc1. The molecule has 0 saturated heterocycles. The standard InChI is InChI=1S/C18H19N5O/c1-12-4-5-15(10-13(12)2)21-18-22-17(11-19-23-18)20-14-6-8-16(24-3)9-7-14/h4-11H,1-3H3,(H2,20,21,22,23). The molecular formula is C18H19N5O. The Kier molecular flexibility index (Phi) is 4.56. The smallest absolute Gasteiger partial charge is 0.249 e. The predicted octanol–water partition coefficient (Wildman–Crippen LogP) is 3.98. The van der Waals surface area contributed by atoms with Crippen LogP contribution >= 0.6 is 0 Å². The van der Waals surface area contributed by atoms with E-state index in [9.17, 15) is 0 Å². The maximum Gasteiger partial charge on any atom is 0.249 e. The van der Waals surface area contributed by atoms with Crippen molar-refractivity contribution in [2.24, 2.45) is 0 Å². The third-order valence-electron chi connectivity index (χ3n) is 3.68. The van der Waals surface area contributed by atoms with E-state index in [-0.39, 0.29) is 0 Å². The molecule has 0 amide bonds. The molecule has 2 N–H and O–H groups in total. The lowest BCUT2D eigenvalue weighted by atomic mass is 10.1. The van der Waals surface area contributed by atoms with Crippen LogP contribution in [0.3, 0.4) is 0 Å². The Morgan fingerprint density at radius 1 is 0.875 bits per heavy atom. The molecule has 0 saturated carbocycles. The van der Waals surface area contributed by atoms with E-state index in [0.29, 0.717) is 11.8 Å². The number of benzene rings is 2. The van der Waals surface area contributed by atoms with Gasteiger partial charge in [-0.1, -0.05) is 6.07 Å². The van der Waals surface area contributed by atoms with Crippen LogP contribution < -0.4 is 15.4 Å². The van der Waals surface area contributed by atoms with Gasteiger partial charge in [0.25, 0.3) is 0 Å². The average molecular weight is 321 g/mol. The third kappa shape index (κ3) is 3.78. The first-order valence-corrected chi connectivity index (χ1v) is 7.59. The minimum Gasteiger partial charge on any atom is -0.497 e. The fourth-order valence-electron chi connectivity index (χ4n) is 2.19. The molecule has 0 unspecified atom stereocenters. The summed E-state index contributed by atoms with van der Waals surface area (Å²) in [5.41, 5.74) is 4.28. The first-order chi connectivity index (χ1) is 11.6. The van der Waals surface area contributed by atoms with E-state index in [2.05, 4.69) is 51.8 Å². The fraction of sp³-hybridized carbons (Fsp3) is 0.167. The van der Waals surface area contributed by atoms with Crippen molar-refractivity contribution in [3.05, 3.63) is 59.8 Å². The second-order valence-corrected chi connectivity index (χ2v) is 5.44. The van der Waals surface area contributed by atoms with Gasteiger partial charge in [0.1, 0.15) is 5.75 Å². The van der Waals surface area contributed by atoms with Gasteiger partial charge >= 0.3 is 0 Å². The van der Waals surface area contributed by atoms with Gasteiger partial charge in [-0.15, -0.1) is 5.10 Å². The van der Waals surface area contributed by atoms with Crippen molar-refractivity contribution >= 4 is 23.1 Å². The van der Waals surface area contributed by atoms with Crippen molar-refractivity contribution in [3.8, 4) is 5.75 Å². The predicted molar refractivity (Wildman–Crippen MR) is 95.3 cm³/mol. The van der Waals surface area contributed by atoms with Crippen molar-refractivity contribution < 1.29 is 4.74 Å². The molecule has 3 aromatic rings. The van der Waals surface area contributed by atoms with Gasteiger partial charge in [-0.2, -0.15) is 10.1 Å². The molecule has 1 heterocycles. The lowest BCUT2D eigenvalue weighted by Crippen LogP contribution is -2.02. The van der Waals surface area contributed by atoms with Gasteiger partial charge in [0.2, 0.25) is 5.95 Å². The summed E-state index contributed by atoms with van der Waals surface area (Å²) in [5, 5.41) is 14.4. The first-order valence-electron chi connectivity index (χ1n) is 7.59. The lowest BCUT2D eigenvalue weighted by molar-refractivity contribution is 0.415. The quantitative estimate of drug-likeness (QED) is 0.740. The molecule has 6 nitrogen and oxygen atoms in total. The zero-order chi connectivity index (χ0) is 16.9. The summed E-state index contributed by atoms with van der Waals surface area (Å²) in [7, 11) is 1.64. The lowest BCUT2D eigenvalue weighted by Gasteiger charge is -2.09. The van der Waals surface area contributed by atoms with Gasteiger partial charge in [0.05, 0.1) is 13.3 Å². The number of aromatic nitrogens is 3. The topological polar surface area (TPSA) is 72.0 Å². The molecule has 6 heteroatoms. The van der Waals surface area contributed by atoms with Crippen molar-refractivity contribution in [2.45, 2.75) is 13.8 Å². The number of methoxy groups -OCH3 is 1. The van der Waals surface area contributed by atoms with Gasteiger partial charge in [-0.3, -0.25) is 0 Å². The third-order valence-corrected chi connectivity index (χ3v) is 3.68. The van der Waals surface area contributed by atoms with Gasteiger partial charge < -0.3 is 15.4 Å². The first kappa shape index (κ1) is 15.7. The minimum atomic E-state index is 0.441. The highest BCUT2D eigenvalue weighted by Gasteiger charge is 2.03. The van der Waals surface area contributed by atoms with Gasteiger partial charge in [0.15, 0.2) is 5.82 Å². The molecule has 3 rings (SSSR count). The van der Waals surface area contributed by atoms with Gasteiger partial charge in [0, 0.05) is 11.4 Å². The summed E-state index contributed by atoms with van der Waals surface area (Å²) in [6, 6.07) is 13.7. The number of anilines is 4. The minimum absolute atomic E-state index is 0.441. The number of nitrogens with one attached hydrogen (secondary N) is 2. The Bertz CT molecular complexity index is 833. The van der Waals surface area contributed by atoms with Crippen molar-refractivity contribution in [1.82, 2.24) is 15.2 Å². The van der Waals surface area contributed by atoms with Crippen molar-refractivity contribution in [2.75, 3.05) is 17.7 Å². The van der Waals surface area contributed by atoms with Crippen LogP contribution in [0.15, 0.2) is 48.7 Å². The molecule has 122 valence electrons. The van der Waals surface area contributed by atoms with Crippen molar-refractivity contribution in [1.29, 1.82) is 0 Å². The molecule has 1 aromatic heterocycles. The summed E-state index contributed by atoms with van der Waals surface area (Å²) in [5.74, 6) is 1.86. The second-order valence-electron chi connectivity index (χ2n) is 5.44. The van der Waals surface area contributed by atoms with Crippen LogP contribution in [-0.2, 0) is 0 Å². The molecule has 0 fully saturated rings. The van der Waals surface area contributed by atoms with Gasteiger partial charge in [-0.25, -0.2) is 0 Å². The molecule has 0 aliphatic heterocycles. The van der Waals surface area contributed by atoms with Gasteiger partial charge in [-0.05, 0) is 61.4 Å². The number of ether oxygens (including phenoxy) is 1. The summed E-state index contributed by atoms with van der Waals surface area (Å²) in [6.07, 6.45) is 1.58. The van der Waals surface area contributed by atoms with Crippen LogP contribution in [0, 0.1) is 13.8 Å². The van der Waals surface area contributed by atoms with Crippen LogP contribution in [0.2, 0.25) is 0 Å². The van der Waals surface area contributed by atoms with E-state index in [1.165, 1.54) is 11.1 Å². The Balaban J connectivity index is 1.74. The average Bonchev–Trinajstić information content (AvgIpc) is 2.59. The Morgan fingerprint density at radius 3 is 2.33 bits per heavy atom. The molecule has 0 atom stereocenters. The highest BCUT2D eigenvalue weighted by Crippen LogP contribution is 2.20. The largest absolute Gasteiger partial charge is 0.497 e. The van der Waals surface area contributed by atoms with E-state index < -0.39 is 0 Å². The van der Waals surface area contributed by atoms with E-state index in [4.69, 9.17) is 4.74 Å². The van der Waals surface area contributed by atoms with E-state index >= 15 is 0 Å². The summed E-state index contributed by atoms with van der Waals surface area (Å²) < 4.78 is 5.15. The number of hydrogen-bond acceptors (Lipinski definition) is 6. The van der Waals surface area contributed by atoms with E-state index in [1.54, 1.807) is 13.3 Å². The Morgan fingerprint density at radius 2 is 1.62 bits per heavy atom. The molecule has 0 spiro atoms. The summed E-state index contributed by atoms with van der Waals surface area (Å²) in [4.78, 5) is 4.43. The van der Waals surface area contributed by atoms with Crippen LogP contribution in [0.5, 0.6) is 5.75 Å². The molecule has 2 aromatic carbocycles. The normalized spacial score (nSPS) is 10.3. The van der Waals surface area contributed by atoms with Crippen LogP contribution in [0.4, 0.5) is 23.1 Å². The van der Waals surface area contributed by atoms with Crippen LogP contribution in [-0.4, -0.2) is 22.3 Å². The molecular weight excluding hydrogens is 302 g/mol. The fourth-order valence-corrected chi connectivity index (χ4v) is 2.19. The Labute approximate surface area is 140 Å². The van der Waals surface area contributed by atoms with Crippen LogP contribution in [0.1, 0.15) is 11.1 Å². The number of nitrogens with zero attached hydrogens (tertiary/aromatic N) is 3. The van der Waals surface area contributed by atoms with Crippen LogP contribution in [0.25, 0.3) is 0 Å². The molecule has 0 bridgehead atoms. The molecule has 0 radical (unpaired) electrons. The monoisotopic (exact) mass is 321 g/mol. The molecule has 0 aliphatic rings. The van der Waals surface area contributed by atoms with Crippen molar-refractivity contribution in [3.63, 3.8) is 0 Å². The highest BCUT2D eigenvalue weighted by atomic mass is 16.5. The van der Waals surface area contributed by atoms with E-state index in [1.807, 2.05) is 30.3 Å². The Hall–Kier alpha value is -3.15. The molecule has 24 heavy (non-hydrogen) atoms. The number of hydrogen-bond donors (Lipinski definition) is 2. The number of aryl methyl sites for hydroxylation is 2. The highest BCUT2D eigenvalue weighted by molar-refractivity contribution is 5.60. The van der Waals surface area contributed by atoms with E-state index in [0.717, 1.165) is 17.1 Å². The summed E-state index contributed by atoms with van der Waals surface area (Å²) in [6.45, 7) is 4.15.